The molecular formula is C50H40N2O. The van der Waals surface area contributed by atoms with Gasteiger partial charge in [0.1, 0.15) is 11.2 Å². The second-order valence-corrected chi connectivity index (χ2v) is 17.0. The molecule has 7 aromatic carbocycles. The van der Waals surface area contributed by atoms with Gasteiger partial charge in [-0.15, -0.1) is 0 Å². The Bertz CT molecular complexity index is 3280. The topological polar surface area (TPSA) is 22.5 Å². The molecule has 4 heterocycles. The van der Waals surface area contributed by atoms with Crippen molar-refractivity contribution in [3.63, 3.8) is 0 Å². The van der Waals surface area contributed by atoms with E-state index in [9.17, 15) is 0 Å². The van der Waals surface area contributed by atoms with Crippen LogP contribution in [0.25, 0.3) is 98.7 Å². The van der Waals surface area contributed by atoms with Gasteiger partial charge in [-0.05, 0) is 75.9 Å². The van der Waals surface area contributed by atoms with E-state index in [0.29, 0.717) is 0 Å². The predicted molar refractivity (Wildman–Crippen MR) is 226 cm³/mol. The molecule has 0 spiro atoms. The Hall–Kier alpha value is -6.06. The minimum Gasteiger partial charge on any atom is -0.455 e. The van der Waals surface area contributed by atoms with Crippen LogP contribution in [-0.2, 0) is 10.8 Å². The summed E-state index contributed by atoms with van der Waals surface area (Å²) >= 11 is 0. The fraction of sp³-hybridized carbons (Fsp3) is 0.160. The molecular weight excluding hydrogens is 645 g/mol. The monoisotopic (exact) mass is 684 g/mol. The van der Waals surface area contributed by atoms with Crippen molar-refractivity contribution in [1.82, 2.24) is 8.97 Å². The molecule has 0 saturated carbocycles. The number of nitrogens with zero attached hydrogens (tertiary/aromatic N) is 2. The van der Waals surface area contributed by atoms with Crippen molar-refractivity contribution in [3.05, 3.63) is 145 Å². The van der Waals surface area contributed by atoms with Gasteiger partial charge in [0.05, 0.1) is 27.6 Å². The normalized spacial score (nSPS) is 13.1. The van der Waals surface area contributed by atoms with Gasteiger partial charge in [0.15, 0.2) is 0 Å². The van der Waals surface area contributed by atoms with E-state index in [1.165, 1.54) is 82.2 Å². The Morgan fingerprint density at radius 2 is 0.962 bits per heavy atom. The number of furan rings is 1. The zero-order valence-corrected chi connectivity index (χ0v) is 31.0. The summed E-state index contributed by atoms with van der Waals surface area (Å²) in [7, 11) is 0. The van der Waals surface area contributed by atoms with Crippen LogP contribution in [0.4, 0.5) is 0 Å². The van der Waals surface area contributed by atoms with Crippen molar-refractivity contribution >= 4 is 81.8 Å². The maximum absolute atomic E-state index is 7.06. The smallest absolute Gasteiger partial charge is 0.139 e. The van der Waals surface area contributed by atoms with Crippen molar-refractivity contribution in [1.29, 1.82) is 0 Å². The molecule has 0 atom stereocenters. The summed E-state index contributed by atoms with van der Waals surface area (Å²) in [6.45, 7) is 13.8. The Morgan fingerprint density at radius 1 is 0.415 bits per heavy atom. The van der Waals surface area contributed by atoms with Crippen molar-refractivity contribution in [3.8, 4) is 16.8 Å². The van der Waals surface area contributed by atoms with E-state index in [1.54, 1.807) is 0 Å². The molecule has 256 valence electrons. The van der Waals surface area contributed by atoms with Crippen molar-refractivity contribution in [2.24, 2.45) is 0 Å². The summed E-state index contributed by atoms with van der Waals surface area (Å²) in [5, 5.41) is 10.0. The highest BCUT2D eigenvalue weighted by atomic mass is 16.3. The lowest BCUT2D eigenvalue weighted by molar-refractivity contribution is 0.557. The van der Waals surface area contributed by atoms with Gasteiger partial charge in [-0.2, -0.15) is 0 Å². The quantitative estimate of drug-likeness (QED) is 0.178. The van der Waals surface area contributed by atoms with Gasteiger partial charge in [0, 0.05) is 54.5 Å². The summed E-state index contributed by atoms with van der Waals surface area (Å²) in [5.41, 5.74) is 13.9. The molecule has 4 aromatic heterocycles. The summed E-state index contributed by atoms with van der Waals surface area (Å²) in [6, 6.07) is 49.6. The molecule has 3 nitrogen and oxygen atoms in total. The molecule has 11 rings (SSSR count). The first-order chi connectivity index (χ1) is 25.6. The van der Waals surface area contributed by atoms with Crippen LogP contribution < -0.4 is 0 Å². The van der Waals surface area contributed by atoms with E-state index in [0.717, 1.165) is 27.6 Å². The van der Waals surface area contributed by atoms with Crippen LogP contribution in [0.5, 0.6) is 0 Å². The van der Waals surface area contributed by atoms with Crippen LogP contribution in [0.2, 0.25) is 0 Å². The number of benzene rings is 7. The van der Waals surface area contributed by atoms with E-state index in [1.807, 2.05) is 0 Å². The molecule has 11 aromatic rings. The van der Waals surface area contributed by atoms with Gasteiger partial charge in [-0.3, -0.25) is 0 Å². The van der Waals surface area contributed by atoms with Crippen LogP contribution >= 0.6 is 0 Å². The van der Waals surface area contributed by atoms with E-state index in [4.69, 9.17) is 4.42 Å². The second kappa shape index (κ2) is 10.3. The summed E-state index contributed by atoms with van der Waals surface area (Å²) in [4.78, 5) is 0. The molecule has 0 unspecified atom stereocenters. The molecule has 0 N–H and O–H groups in total. The summed E-state index contributed by atoms with van der Waals surface area (Å²) < 4.78 is 12.1. The highest BCUT2D eigenvalue weighted by Gasteiger charge is 2.28. The third-order valence-electron chi connectivity index (χ3n) is 11.7. The van der Waals surface area contributed by atoms with E-state index >= 15 is 0 Å². The molecule has 0 amide bonds. The second-order valence-electron chi connectivity index (χ2n) is 17.0. The number of aromatic nitrogens is 2. The zero-order valence-electron chi connectivity index (χ0n) is 31.0. The minimum absolute atomic E-state index is 0.112. The van der Waals surface area contributed by atoms with Crippen LogP contribution in [-0.4, -0.2) is 8.97 Å². The molecule has 0 aliphatic heterocycles. The van der Waals surface area contributed by atoms with Gasteiger partial charge in [0.2, 0.25) is 0 Å². The van der Waals surface area contributed by atoms with Crippen LogP contribution in [0.1, 0.15) is 52.7 Å². The first-order valence-corrected chi connectivity index (χ1v) is 18.8. The summed E-state index contributed by atoms with van der Waals surface area (Å²) in [6.07, 6.45) is 0. The van der Waals surface area contributed by atoms with Gasteiger partial charge in [-0.25, -0.2) is 0 Å². The van der Waals surface area contributed by atoms with Crippen molar-refractivity contribution < 1.29 is 4.42 Å². The standard InChI is InChI=1S/C50H40N2O/c1-49(2,3)38-26-30(29-15-8-7-9-16-29)25-36-37-27-31(28-39(50(4,5)6)48(37)53-47(36)38)51-41-22-13-18-33-35-20-12-19-34-32-17-10-11-21-40(32)52(46(34)35)43-24-14-23-42(51)45(43)44(33)41/h7-28H,1-6H3. The molecule has 0 bridgehead atoms. The van der Waals surface area contributed by atoms with Gasteiger partial charge < -0.3 is 13.4 Å². The Balaban J connectivity index is 1.32. The Labute approximate surface area is 308 Å². The lowest BCUT2D eigenvalue weighted by Gasteiger charge is -2.21. The largest absolute Gasteiger partial charge is 0.455 e. The number of rotatable bonds is 2. The molecule has 53 heavy (non-hydrogen) atoms. The molecule has 3 heteroatoms. The predicted octanol–water partition coefficient (Wildman–Crippen LogP) is 14.1. The maximum Gasteiger partial charge on any atom is 0.139 e. The Morgan fingerprint density at radius 3 is 1.72 bits per heavy atom. The number of hydrogen-bond donors (Lipinski definition) is 0. The molecule has 0 saturated heterocycles. The summed E-state index contributed by atoms with van der Waals surface area (Å²) in [5.74, 6) is 0. The van der Waals surface area contributed by atoms with Crippen molar-refractivity contribution in [2.45, 2.75) is 52.4 Å². The van der Waals surface area contributed by atoms with Crippen LogP contribution in [0.3, 0.4) is 0 Å². The van der Waals surface area contributed by atoms with Gasteiger partial charge in [0.25, 0.3) is 0 Å². The van der Waals surface area contributed by atoms with E-state index < -0.39 is 0 Å². The first-order valence-electron chi connectivity index (χ1n) is 18.8. The van der Waals surface area contributed by atoms with Gasteiger partial charge >= 0.3 is 0 Å². The van der Waals surface area contributed by atoms with Crippen LogP contribution in [0.15, 0.2) is 138 Å². The van der Waals surface area contributed by atoms with Crippen LogP contribution in [0, 0.1) is 0 Å². The minimum atomic E-state index is -0.165. The molecule has 0 aliphatic rings. The van der Waals surface area contributed by atoms with E-state index in [-0.39, 0.29) is 10.8 Å². The highest BCUT2D eigenvalue weighted by Crippen LogP contribution is 2.47. The average Bonchev–Trinajstić information content (AvgIpc) is 3.78. The van der Waals surface area contributed by atoms with Crippen molar-refractivity contribution in [2.75, 3.05) is 0 Å². The fourth-order valence-electron chi connectivity index (χ4n) is 9.27. The lowest BCUT2D eigenvalue weighted by atomic mass is 9.83. The SMILES string of the molecule is CC(C)(C)c1cc(-c2ccccc2)cc2c1oc1c(C(C)(C)C)cc(-n3c4cccc5c6cccc7c8ccccc8n(c8cccc3c8c54)c67)cc12. The number of fused-ring (bicyclic) bond motifs is 8. The first kappa shape index (κ1) is 30.6. The Kier molecular flexibility index (Phi) is 5.93. The lowest BCUT2D eigenvalue weighted by Crippen LogP contribution is -2.12. The number of para-hydroxylation sites is 2. The third kappa shape index (κ3) is 4.11. The van der Waals surface area contributed by atoms with Gasteiger partial charge in [-0.1, -0.05) is 126 Å². The zero-order chi connectivity index (χ0) is 36.0. The molecule has 0 aliphatic carbocycles. The fourth-order valence-corrected chi connectivity index (χ4v) is 9.27. The molecule has 0 fully saturated rings. The maximum atomic E-state index is 7.06. The highest BCUT2D eigenvalue weighted by molar-refractivity contribution is 6.31. The molecule has 0 radical (unpaired) electrons. The third-order valence-corrected chi connectivity index (χ3v) is 11.7. The number of hydrogen-bond acceptors (Lipinski definition) is 1. The van der Waals surface area contributed by atoms with E-state index in [2.05, 4.69) is 184 Å². The average molecular weight is 685 g/mol.